The number of fused-ring (bicyclic) bond motifs is 1. The van der Waals surface area contributed by atoms with Crippen LogP contribution in [0.2, 0.25) is 0 Å². The summed E-state index contributed by atoms with van der Waals surface area (Å²) >= 11 is 0. The number of nitrogens with two attached hydrogens (primary N) is 1. The van der Waals surface area contributed by atoms with Crippen LogP contribution in [0.3, 0.4) is 0 Å². The summed E-state index contributed by atoms with van der Waals surface area (Å²) < 4.78 is 7.48. The fourth-order valence-corrected chi connectivity index (χ4v) is 4.91. The molecule has 3 heterocycles. The monoisotopic (exact) mass is 585 g/mol. The molecule has 0 aliphatic carbocycles. The first kappa shape index (κ1) is 29.6. The maximum atomic E-state index is 12.8. The number of anilines is 5. The Labute approximate surface area is 251 Å². The molecule has 1 unspecified atom stereocenters. The van der Waals surface area contributed by atoms with Gasteiger partial charge in [0.1, 0.15) is 5.60 Å². The van der Waals surface area contributed by atoms with E-state index >= 15 is 0 Å². The van der Waals surface area contributed by atoms with E-state index in [0.29, 0.717) is 46.4 Å². The molecule has 226 valence electrons. The fraction of sp³-hybridized carbons (Fsp3) is 0.387. The molecule has 2 aromatic heterocycles. The van der Waals surface area contributed by atoms with Crippen LogP contribution < -0.4 is 26.6 Å². The lowest BCUT2D eigenvalue weighted by atomic mass is 10.1. The van der Waals surface area contributed by atoms with E-state index in [2.05, 4.69) is 39.7 Å². The summed E-state index contributed by atoms with van der Waals surface area (Å²) in [7, 11) is 0. The van der Waals surface area contributed by atoms with Crippen molar-refractivity contribution in [1.29, 1.82) is 0 Å². The number of nitrogens with one attached hydrogen (secondary N) is 3. The number of imidazole rings is 1. The van der Waals surface area contributed by atoms with Crippen molar-refractivity contribution in [3.63, 3.8) is 0 Å². The van der Waals surface area contributed by atoms with Crippen molar-refractivity contribution in [2.75, 3.05) is 34.4 Å². The molecule has 0 spiro atoms. The number of rotatable bonds is 7. The zero-order chi connectivity index (χ0) is 30.7. The van der Waals surface area contributed by atoms with Gasteiger partial charge in [0.2, 0.25) is 5.95 Å². The summed E-state index contributed by atoms with van der Waals surface area (Å²) in [6, 6.07) is 14.2. The number of nitrogens with zero attached hydrogens (tertiary/aromatic N) is 5. The Morgan fingerprint density at radius 2 is 1.81 bits per heavy atom. The van der Waals surface area contributed by atoms with Gasteiger partial charge < -0.3 is 35.9 Å². The molecule has 1 saturated heterocycles. The molecule has 0 saturated carbocycles. The molecule has 12 nitrogen and oxygen atoms in total. The van der Waals surface area contributed by atoms with Gasteiger partial charge >= 0.3 is 6.09 Å². The van der Waals surface area contributed by atoms with E-state index in [-0.39, 0.29) is 18.0 Å². The molecular formula is C31H39N9O3. The number of hydrogen-bond acceptors (Lipinski definition) is 9. The number of carbonyl (C=O) groups is 2. The van der Waals surface area contributed by atoms with Crippen molar-refractivity contribution in [1.82, 2.24) is 24.8 Å². The van der Waals surface area contributed by atoms with Gasteiger partial charge in [0, 0.05) is 47.8 Å². The molecular weight excluding hydrogens is 546 g/mol. The lowest BCUT2D eigenvalue weighted by Gasteiger charge is -2.33. The lowest BCUT2D eigenvalue weighted by molar-refractivity contribution is 0.0499. The molecule has 5 rings (SSSR count). The minimum Gasteiger partial charge on any atom is -0.444 e. The molecule has 1 aliphatic heterocycles. The number of alkyl carbamates (subject to hydrolysis) is 1. The van der Waals surface area contributed by atoms with E-state index in [9.17, 15) is 9.59 Å². The minimum absolute atomic E-state index is 0.101. The molecule has 12 heteroatoms. The zero-order valence-electron chi connectivity index (χ0n) is 25.2. The minimum atomic E-state index is -0.571. The van der Waals surface area contributed by atoms with Gasteiger partial charge in [-0.25, -0.2) is 9.78 Å². The number of amides is 2. The number of hydrogen-bond donors (Lipinski definition) is 4. The molecule has 0 bridgehead atoms. The standard InChI is InChI=1S/C31H39N9O3/c1-19(2)40-18-33-25-26(34-22-8-6-9-23(16-22)35-28(41)20-11-13-21(32)14-12-20)37-29(38-27(25)40)39-15-7-10-24(17-39)36-30(42)43-31(3,4)5/h6,8-9,11-14,16,18-19,24H,7,10,15,17,32H2,1-5H3,(H,35,41)(H,36,42)(H,34,37,38). The Balaban J connectivity index is 1.39. The highest BCUT2D eigenvalue weighted by molar-refractivity contribution is 6.04. The van der Waals surface area contributed by atoms with Crippen molar-refractivity contribution in [2.24, 2.45) is 0 Å². The predicted molar refractivity (Wildman–Crippen MR) is 169 cm³/mol. The summed E-state index contributed by atoms with van der Waals surface area (Å²) in [6.45, 7) is 11.0. The van der Waals surface area contributed by atoms with E-state index in [1.807, 2.05) is 49.6 Å². The van der Waals surface area contributed by atoms with Crippen molar-refractivity contribution in [3.05, 3.63) is 60.4 Å². The van der Waals surface area contributed by atoms with Gasteiger partial charge in [-0.3, -0.25) is 4.79 Å². The summed E-state index contributed by atoms with van der Waals surface area (Å²) in [5.41, 5.74) is 8.97. The van der Waals surface area contributed by atoms with Gasteiger partial charge in [0.15, 0.2) is 17.0 Å². The molecule has 2 amide bonds. The average molecular weight is 586 g/mol. The summed E-state index contributed by atoms with van der Waals surface area (Å²) in [5.74, 6) is 0.851. The van der Waals surface area contributed by atoms with Crippen LogP contribution in [0.4, 0.5) is 33.6 Å². The second-order valence-corrected chi connectivity index (χ2v) is 12.0. The highest BCUT2D eigenvalue weighted by atomic mass is 16.6. The van der Waals surface area contributed by atoms with E-state index in [1.54, 1.807) is 30.6 Å². The van der Waals surface area contributed by atoms with Crippen LogP contribution >= 0.6 is 0 Å². The lowest BCUT2D eigenvalue weighted by Crippen LogP contribution is -2.49. The van der Waals surface area contributed by atoms with Gasteiger partial charge in [0.25, 0.3) is 5.91 Å². The number of benzene rings is 2. The Morgan fingerprint density at radius 3 is 2.53 bits per heavy atom. The van der Waals surface area contributed by atoms with Crippen molar-refractivity contribution < 1.29 is 14.3 Å². The predicted octanol–water partition coefficient (Wildman–Crippen LogP) is 5.48. The molecule has 1 atom stereocenters. The van der Waals surface area contributed by atoms with Crippen LogP contribution in [0, 0.1) is 0 Å². The van der Waals surface area contributed by atoms with Crippen LogP contribution in [-0.2, 0) is 4.74 Å². The topological polar surface area (TPSA) is 152 Å². The van der Waals surface area contributed by atoms with Gasteiger partial charge in [-0.15, -0.1) is 0 Å². The van der Waals surface area contributed by atoms with Crippen LogP contribution in [0.1, 0.15) is 63.9 Å². The first-order valence-electron chi connectivity index (χ1n) is 14.5. The Bertz CT molecular complexity index is 1610. The third kappa shape index (κ3) is 7.32. The number of piperidine rings is 1. The van der Waals surface area contributed by atoms with Gasteiger partial charge in [0.05, 0.1) is 6.33 Å². The molecule has 5 N–H and O–H groups in total. The van der Waals surface area contributed by atoms with Crippen LogP contribution in [0.25, 0.3) is 11.2 Å². The van der Waals surface area contributed by atoms with Crippen molar-refractivity contribution in [2.45, 2.75) is 65.1 Å². The van der Waals surface area contributed by atoms with Gasteiger partial charge in [-0.2, -0.15) is 9.97 Å². The smallest absolute Gasteiger partial charge is 0.407 e. The maximum absolute atomic E-state index is 12.8. The molecule has 1 aliphatic rings. The quantitative estimate of drug-likeness (QED) is 0.207. The van der Waals surface area contributed by atoms with Crippen LogP contribution in [0.5, 0.6) is 0 Å². The highest BCUT2D eigenvalue weighted by Crippen LogP contribution is 2.29. The Kier molecular flexibility index (Phi) is 8.38. The first-order chi connectivity index (χ1) is 20.4. The Morgan fingerprint density at radius 1 is 1.07 bits per heavy atom. The van der Waals surface area contributed by atoms with Crippen LogP contribution in [0.15, 0.2) is 54.9 Å². The van der Waals surface area contributed by atoms with E-state index in [0.717, 1.165) is 25.1 Å². The fourth-order valence-electron chi connectivity index (χ4n) is 4.91. The molecule has 4 aromatic rings. The van der Waals surface area contributed by atoms with Crippen molar-refractivity contribution >= 4 is 52.0 Å². The zero-order valence-corrected chi connectivity index (χ0v) is 25.2. The van der Waals surface area contributed by atoms with E-state index < -0.39 is 11.7 Å². The SMILES string of the molecule is CC(C)n1cnc2c(Nc3cccc(NC(=O)c4ccc(N)cc4)c3)nc(N3CCCC(NC(=O)OC(C)(C)C)C3)nc21. The Hall–Kier alpha value is -4.87. The number of carbonyl (C=O) groups excluding carboxylic acids is 2. The van der Waals surface area contributed by atoms with Crippen LogP contribution in [-0.4, -0.2) is 56.3 Å². The van der Waals surface area contributed by atoms with E-state index in [4.69, 9.17) is 20.4 Å². The summed E-state index contributed by atoms with van der Waals surface area (Å²) in [6.07, 6.45) is 3.04. The molecule has 1 fully saturated rings. The largest absolute Gasteiger partial charge is 0.444 e. The number of aromatic nitrogens is 4. The maximum Gasteiger partial charge on any atom is 0.407 e. The number of ether oxygens (including phenoxy) is 1. The first-order valence-corrected chi connectivity index (χ1v) is 14.5. The van der Waals surface area contributed by atoms with E-state index in [1.165, 1.54) is 0 Å². The van der Waals surface area contributed by atoms with Gasteiger partial charge in [-0.05, 0) is 89.9 Å². The number of nitrogen functional groups attached to an aromatic ring is 1. The summed E-state index contributed by atoms with van der Waals surface area (Å²) in [4.78, 5) is 41.7. The third-order valence-electron chi connectivity index (χ3n) is 6.95. The van der Waals surface area contributed by atoms with Gasteiger partial charge in [-0.1, -0.05) is 6.07 Å². The molecule has 43 heavy (non-hydrogen) atoms. The second-order valence-electron chi connectivity index (χ2n) is 12.0. The van der Waals surface area contributed by atoms with Crippen molar-refractivity contribution in [3.8, 4) is 0 Å². The normalized spacial score (nSPS) is 15.4. The molecule has 0 radical (unpaired) electrons. The third-order valence-corrected chi connectivity index (χ3v) is 6.95. The summed E-state index contributed by atoms with van der Waals surface area (Å²) in [5, 5.41) is 9.33. The average Bonchev–Trinajstić information content (AvgIpc) is 3.37. The second kappa shape index (κ2) is 12.2. The molecule has 2 aromatic carbocycles. The highest BCUT2D eigenvalue weighted by Gasteiger charge is 2.27.